The van der Waals surface area contributed by atoms with Gasteiger partial charge in [0, 0.05) is 17.1 Å². The van der Waals surface area contributed by atoms with Gasteiger partial charge in [-0.2, -0.15) is 0 Å². The second kappa shape index (κ2) is 8.37. The molecular formula is C19H24BrNO2. The zero-order valence-electron chi connectivity index (χ0n) is 14.2. The van der Waals surface area contributed by atoms with Crippen LogP contribution in [0.3, 0.4) is 0 Å². The number of hydrogen-bond acceptors (Lipinski definition) is 3. The Balaban J connectivity index is 2.15. The van der Waals surface area contributed by atoms with E-state index < -0.39 is 0 Å². The molecule has 0 heterocycles. The molecule has 0 aliphatic heterocycles. The van der Waals surface area contributed by atoms with Crippen LogP contribution in [0.4, 0.5) is 0 Å². The number of methoxy groups -OCH3 is 1. The first-order valence-corrected chi connectivity index (χ1v) is 8.57. The smallest absolute Gasteiger partial charge is 0.162 e. The Morgan fingerprint density at radius 2 is 1.83 bits per heavy atom. The fourth-order valence-electron chi connectivity index (χ4n) is 2.23. The molecule has 0 saturated carbocycles. The zero-order chi connectivity index (χ0) is 16.8. The van der Waals surface area contributed by atoms with E-state index in [-0.39, 0.29) is 0 Å². The zero-order valence-corrected chi connectivity index (χ0v) is 15.7. The van der Waals surface area contributed by atoms with Gasteiger partial charge in [-0.05, 0) is 35.7 Å². The van der Waals surface area contributed by atoms with Crippen molar-refractivity contribution < 1.29 is 9.47 Å². The van der Waals surface area contributed by atoms with Crippen LogP contribution < -0.4 is 14.8 Å². The third-order valence-electron chi connectivity index (χ3n) is 3.68. The molecule has 0 aliphatic carbocycles. The summed E-state index contributed by atoms with van der Waals surface area (Å²) in [5, 5.41) is 3.41. The van der Waals surface area contributed by atoms with Gasteiger partial charge in [0.1, 0.15) is 6.61 Å². The maximum atomic E-state index is 5.98. The first-order valence-electron chi connectivity index (χ1n) is 7.78. The maximum Gasteiger partial charge on any atom is 0.162 e. The molecule has 4 heteroatoms. The van der Waals surface area contributed by atoms with Gasteiger partial charge in [-0.3, -0.25) is 0 Å². The Morgan fingerprint density at radius 3 is 2.48 bits per heavy atom. The average molecular weight is 378 g/mol. The lowest BCUT2D eigenvalue weighted by atomic mass is 10.1. The summed E-state index contributed by atoms with van der Waals surface area (Å²) in [6.07, 6.45) is 0. The lowest BCUT2D eigenvalue weighted by Crippen LogP contribution is -2.22. The Kier molecular flexibility index (Phi) is 6.48. The molecule has 3 nitrogen and oxygen atoms in total. The molecule has 0 aliphatic rings. The van der Waals surface area contributed by atoms with Crippen molar-refractivity contribution in [2.24, 2.45) is 0 Å². The molecule has 23 heavy (non-hydrogen) atoms. The van der Waals surface area contributed by atoms with Crippen molar-refractivity contribution >= 4 is 15.9 Å². The molecule has 2 aromatic rings. The quantitative estimate of drug-likeness (QED) is 0.748. The van der Waals surface area contributed by atoms with Gasteiger partial charge in [-0.15, -0.1) is 0 Å². The number of benzene rings is 2. The average Bonchev–Trinajstić information content (AvgIpc) is 2.53. The van der Waals surface area contributed by atoms with E-state index in [0.29, 0.717) is 12.6 Å². The van der Waals surface area contributed by atoms with Crippen LogP contribution in [0, 0.1) is 6.92 Å². The highest BCUT2D eigenvalue weighted by Crippen LogP contribution is 2.34. The number of nitrogens with one attached hydrogen (secondary N) is 1. The minimum Gasteiger partial charge on any atom is -0.493 e. The van der Waals surface area contributed by atoms with Crippen LogP contribution >= 0.6 is 15.9 Å². The molecule has 2 rings (SSSR count). The van der Waals surface area contributed by atoms with Gasteiger partial charge in [0.05, 0.1) is 7.11 Å². The van der Waals surface area contributed by atoms with Crippen LogP contribution in [0.5, 0.6) is 11.5 Å². The molecule has 0 aromatic heterocycles. The van der Waals surface area contributed by atoms with E-state index in [2.05, 4.69) is 54.2 Å². The maximum absolute atomic E-state index is 5.98. The van der Waals surface area contributed by atoms with E-state index >= 15 is 0 Å². The monoisotopic (exact) mass is 377 g/mol. The normalized spacial score (nSPS) is 10.9. The van der Waals surface area contributed by atoms with E-state index in [1.54, 1.807) is 7.11 Å². The largest absolute Gasteiger partial charge is 0.493 e. The molecule has 0 saturated heterocycles. The highest BCUT2D eigenvalue weighted by molar-refractivity contribution is 9.10. The fourth-order valence-corrected chi connectivity index (χ4v) is 2.69. The lowest BCUT2D eigenvalue weighted by Gasteiger charge is -2.16. The highest BCUT2D eigenvalue weighted by atomic mass is 79.9. The van der Waals surface area contributed by atoms with Crippen molar-refractivity contribution in [3.8, 4) is 11.5 Å². The van der Waals surface area contributed by atoms with Gasteiger partial charge in [0.2, 0.25) is 0 Å². The summed E-state index contributed by atoms with van der Waals surface area (Å²) in [5.41, 5.74) is 3.55. The van der Waals surface area contributed by atoms with E-state index in [9.17, 15) is 0 Å². The molecule has 2 aromatic carbocycles. The highest BCUT2D eigenvalue weighted by Gasteiger charge is 2.11. The molecule has 1 N–H and O–H groups in total. The van der Waals surface area contributed by atoms with E-state index in [4.69, 9.17) is 9.47 Å². The Bertz CT molecular complexity index is 656. The number of halogens is 1. The molecule has 0 atom stereocenters. The molecular weight excluding hydrogens is 354 g/mol. The minimum atomic E-state index is 0.435. The summed E-state index contributed by atoms with van der Waals surface area (Å²) in [4.78, 5) is 0. The van der Waals surface area contributed by atoms with Crippen molar-refractivity contribution in [2.75, 3.05) is 7.11 Å². The van der Waals surface area contributed by atoms with Gasteiger partial charge in [0.25, 0.3) is 0 Å². The van der Waals surface area contributed by atoms with Crippen molar-refractivity contribution in [3.63, 3.8) is 0 Å². The van der Waals surface area contributed by atoms with Crippen LogP contribution in [0.15, 0.2) is 40.9 Å². The molecule has 0 unspecified atom stereocenters. The van der Waals surface area contributed by atoms with Crippen LogP contribution in [0.25, 0.3) is 0 Å². The van der Waals surface area contributed by atoms with E-state index in [1.807, 2.05) is 24.3 Å². The summed E-state index contributed by atoms with van der Waals surface area (Å²) in [7, 11) is 1.67. The Hall–Kier alpha value is -1.52. The molecule has 124 valence electrons. The third-order valence-corrected chi connectivity index (χ3v) is 4.42. The van der Waals surface area contributed by atoms with E-state index in [0.717, 1.165) is 28.1 Å². The Morgan fingerprint density at radius 1 is 1.09 bits per heavy atom. The first-order chi connectivity index (χ1) is 11.0. The van der Waals surface area contributed by atoms with Crippen LogP contribution in [-0.2, 0) is 13.2 Å². The number of hydrogen-bond donors (Lipinski definition) is 1. The van der Waals surface area contributed by atoms with Crippen molar-refractivity contribution in [3.05, 3.63) is 57.6 Å². The SMILES string of the molecule is COc1cc(CNC(C)C)c(Br)cc1OCc1ccccc1C. The predicted molar refractivity (Wildman–Crippen MR) is 98.2 cm³/mol. The lowest BCUT2D eigenvalue weighted by molar-refractivity contribution is 0.283. The molecule has 0 amide bonds. The van der Waals surface area contributed by atoms with Crippen LogP contribution in [0.1, 0.15) is 30.5 Å². The number of ether oxygens (including phenoxy) is 2. The summed E-state index contributed by atoms with van der Waals surface area (Å²) < 4.78 is 12.5. The molecule has 0 radical (unpaired) electrons. The van der Waals surface area contributed by atoms with Crippen LogP contribution in [-0.4, -0.2) is 13.2 Å². The van der Waals surface area contributed by atoms with Crippen molar-refractivity contribution in [1.82, 2.24) is 5.32 Å². The predicted octanol–water partition coefficient (Wildman–Crippen LogP) is 4.84. The second-order valence-corrected chi connectivity index (χ2v) is 6.70. The topological polar surface area (TPSA) is 30.5 Å². The van der Waals surface area contributed by atoms with Gasteiger partial charge < -0.3 is 14.8 Å². The standard InChI is InChI=1S/C19H24BrNO2/c1-13(2)21-11-16-9-18(22-4)19(10-17(16)20)23-12-15-8-6-5-7-14(15)3/h5-10,13,21H,11-12H2,1-4H3. The van der Waals surface area contributed by atoms with Crippen LogP contribution in [0.2, 0.25) is 0 Å². The molecule has 0 fully saturated rings. The van der Waals surface area contributed by atoms with Gasteiger partial charge in [-0.25, -0.2) is 0 Å². The third kappa shape index (κ3) is 4.98. The second-order valence-electron chi connectivity index (χ2n) is 5.85. The molecule has 0 bridgehead atoms. The number of rotatable bonds is 7. The van der Waals surface area contributed by atoms with Crippen molar-refractivity contribution in [2.45, 2.75) is 40.0 Å². The number of aryl methyl sites for hydroxylation is 1. The summed E-state index contributed by atoms with van der Waals surface area (Å²) in [6.45, 7) is 7.66. The summed E-state index contributed by atoms with van der Waals surface area (Å²) >= 11 is 3.63. The van der Waals surface area contributed by atoms with E-state index in [1.165, 1.54) is 11.1 Å². The van der Waals surface area contributed by atoms with Gasteiger partial charge in [0.15, 0.2) is 11.5 Å². The fraction of sp³-hybridized carbons (Fsp3) is 0.368. The summed E-state index contributed by atoms with van der Waals surface area (Å²) in [5.74, 6) is 1.50. The minimum absolute atomic E-state index is 0.435. The van der Waals surface area contributed by atoms with Gasteiger partial charge in [-0.1, -0.05) is 54.0 Å². The first kappa shape index (κ1) is 17.8. The molecule has 0 spiro atoms. The van der Waals surface area contributed by atoms with Gasteiger partial charge >= 0.3 is 0 Å². The Labute approximate surface area is 147 Å². The summed E-state index contributed by atoms with van der Waals surface area (Å²) in [6, 6.07) is 12.7. The van der Waals surface area contributed by atoms with Crippen molar-refractivity contribution in [1.29, 1.82) is 0 Å².